The molecule has 164 valence electrons. The molecule has 1 amide bonds. The number of carbonyl (C=O) groups excluding carboxylic acids is 1. The molecule has 0 aliphatic rings. The predicted octanol–water partition coefficient (Wildman–Crippen LogP) is 4.27. The van der Waals surface area contributed by atoms with E-state index in [2.05, 4.69) is 43.4 Å². The second-order valence-corrected chi connectivity index (χ2v) is 9.83. The number of nitrogens with one attached hydrogen (secondary N) is 1. The highest BCUT2D eigenvalue weighted by Gasteiger charge is 2.24. The van der Waals surface area contributed by atoms with Gasteiger partial charge in [0.1, 0.15) is 0 Å². The van der Waals surface area contributed by atoms with Gasteiger partial charge in [0.2, 0.25) is 14.9 Å². The van der Waals surface area contributed by atoms with Crippen LogP contribution in [-0.2, 0) is 9.84 Å². The fourth-order valence-corrected chi connectivity index (χ4v) is 4.47. The first-order chi connectivity index (χ1) is 14.7. The maximum Gasteiger partial charge on any atom is 0.287 e. The van der Waals surface area contributed by atoms with Crippen LogP contribution in [0.15, 0.2) is 81.1 Å². The molecule has 0 fully saturated rings. The van der Waals surface area contributed by atoms with Crippen LogP contribution in [0.25, 0.3) is 0 Å². The molecule has 31 heavy (non-hydrogen) atoms. The van der Waals surface area contributed by atoms with E-state index in [1.165, 1.54) is 29.8 Å². The molecule has 1 aromatic heterocycles. The maximum absolute atomic E-state index is 12.7. The van der Waals surface area contributed by atoms with Crippen molar-refractivity contribution >= 4 is 15.7 Å². The minimum Gasteiger partial charge on any atom is -0.439 e. The lowest BCUT2D eigenvalue weighted by atomic mass is 9.98. The highest BCUT2D eigenvalue weighted by atomic mass is 32.2. The van der Waals surface area contributed by atoms with Gasteiger partial charge < -0.3 is 14.6 Å². The zero-order valence-electron chi connectivity index (χ0n) is 18.2. The van der Waals surface area contributed by atoms with Crippen LogP contribution < -0.4 is 5.32 Å². The molecule has 0 bridgehead atoms. The number of nitrogens with zero attached hydrogens (tertiary/aromatic N) is 1. The van der Waals surface area contributed by atoms with Crippen LogP contribution in [0.3, 0.4) is 0 Å². The van der Waals surface area contributed by atoms with E-state index in [-0.39, 0.29) is 21.8 Å². The number of rotatable bonds is 8. The summed E-state index contributed by atoms with van der Waals surface area (Å²) in [6, 6.07) is 19.0. The van der Waals surface area contributed by atoms with E-state index in [1.54, 1.807) is 18.2 Å². The lowest BCUT2D eigenvalue weighted by molar-refractivity contribution is 0.0909. The third kappa shape index (κ3) is 5.24. The van der Waals surface area contributed by atoms with Crippen LogP contribution in [0.2, 0.25) is 0 Å². The van der Waals surface area contributed by atoms with Crippen molar-refractivity contribution in [2.45, 2.75) is 35.8 Å². The Labute approximate surface area is 183 Å². The van der Waals surface area contributed by atoms with Gasteiger partial charge >= 0.3 is 0 Å². The Morgan fingerprint density at radius 2 is 1.55 bits per heavy atom. The molecule has 2 aromatic carbocycles. The van der Waals surface area contributed by atoms with Gasteiger partial charge in [-0.2, -0.15) is 0 Å². The quantitative estimate of drug-likeness (QED) is 0.566. The molecule has 6 nitrogen and oxygen atoms in total. The first-order valence-electron chi connectivity index (χ1n) is 10.1. The van der Waals surface area contributed by atoms with Gasteiger partial charge in [0.25, 0.3) is 5.91 Å². The number of hydrogen-bond acceptors (Lipinski definition) is 5. The molecule has 3 rings (SSSR count). The van der Waals surface area contributed by atoms with E-state index in [0.717, 1.165) is 5.56 Å². The summed E-state index contributed by atoms with van der Waals surface area (Å²) in [5.41, 5.74) is 2.34. The highest BCUT2D eigenvalue weighted by Crippen LogP contribution is 2.24. The molecule has 1 unspecified atom stereocenters. The van der Waals surface area contributed by atoms with Gasteiger partial charge in [-0.05, 0) is 55.4 Å². The van der Waals surface area contributed by atoms with E-state index in [0.29, 0.717) is 12.5 Å². The molecule has 0 aliphatic carbocycles. The minimum absolute atomic E-state index is 0.0346. The molecule has 0 spiro atoms. The first kappa shape index (κ1) is 22.8. The fraction of sp³-hybridized carbons (Fsp3) is 0.292. The smallest absolute Gasteiger partial charge is 0.287 e. The Bertz CT molecular complexity index is 1120. The number of furan rings is 1. The number of carbonyl (C=O) groups is 1. The lowest BCUT2D eigenvalue weighted by Gasteiger charge is -2.25. The third-order valence-electron chi connectivity index (χ3n) is 5.19. The van der Waals surface area contributed by atoms with E-state index >= 15 is 0 Å². The van der Waals surface area contributed by atoms with Gasteiger partial charge in [0, 0.05) is 6.54 Å². The van der Waals surface area contributed by atoms with E-state index in [9.17, 15) is 13.2 Å². The molecular formula is C24H28N2O4S. The monoisotopic (exact) mass is 440 g/mol. The minimum atomic E-state index is -3.81. The topological polar surface area (TPSA) is 79.6 Å². The lowest BCUT2D eigenvalue weighted by Crippen LogP contribution is -2.34. The van der Waals surface area contributed by atoms with Crippen LogP contribution >= 0.6 is 0 Å². The van der Waals surface area contributed by atoms with Crippen LogP contribution in [0.5, 0.6) is 0 Å². The summed E-state index contributed by atoms with van der Waals surface area (Å²) in [5.74, 6) is -0.0470. The predicted molar refractivity (Wildman–Crippen MR) is 120 cm³/mol. The average molecular weight is 441 g/mol. The average Bonchev–Trinajstić information content (AvgIpc) is 3.26. The molecule has 0 saturated carbocycles. The summed E-state index contributed by atoms with van der Waals surface area (Å²) in [6.45, 7) is 4.65. The summed E-state index contributed by atoms with van der Waals surface area (Å²) < 4.78 is 30.7. The number of benzene rings is 2. The molecule has 1 heterocycles. The van der Waals surface area contributed by atoms with Crippen molar-refractivity contribution in [3.05, 3.63) is 83.6 Å². The molecule has 0 saturated heterocycles. The van der Waals surface area contributed by atoms with E-state index in [1.807, 2.05) is 19.0 Å². The Morgan fingerprint density at radius 3 is 2.13 bits per heavy atom. The second kappa shape index (κ2) is 9.49. The van der Waals surface area contributed by atoms with E-state index < -0.39 is 15.7 Å². The first-order valence-corrected chi connectivity index (χ1v) is 11.6. The Balaban J connectivity index is 1.71. The summed E-state index contributed by atoms with van der Waals surface area (Å²) in [7, 11) is 0.0926. The van der Waals surface area contributed by atoms with Crippen LogP contribution in [0, 0.1) is 0 Å². The van der Waals surface area contributed by atoms with Gasteiger partial charge in [-0.25, -0.2) is 8.42 Å². The largest absolute Gasteiger partial charge is 0.439 e. The van der Waals surface area contributed by atoms with Gasteiger partial charge in [0.15, 0.2) is 5.76 Å². The van der Waals surface area contributed by atoms with Crippen molar-refractivity contribution in [2.24, 2.45) is 0 Å². The van der Waals surface area contributed by atoms with Gasteiger partial charge in [-0.1, -0.05) is 56.3 Å². The summed E-state index contributed by atoms with van der Waals surface area (Å²) >= 11 is 0. The van der Waals surface area contributed by atoms with Crippen LogP contribution in [0.4, 0.5) is 0 Å². The zero-order valence-corrected chi connectivity index (χ0v) is 19.0. The van der Waals surface area contributed by atoms with Crippen molar-refractivity contribution in [3.63, 3.8) is 0 Å². The van der Waals surface area contributed by atoms with Crippen molar-refractivity contribution in [3.8, 4) is 0 Å². The summed E-state index contributed by atoms with van der Waals surface area (Å²) in [4.78, 5) is 14.8. The van der Waals surface area contributed by atoms with Crippen molar-refractivity contribution in [2.75, 3.05) is 20.6 Å². The van der Waals surface area contributed by atoms with Crippen molar-refractivity contribution in [1.29, 1.82) is 0 Å². The SMILES string of the molecule is CC(C)c1ccc(C(CNC(=O)c2ccc(S(=O)(=O)c3ccccc3)o2)N(C)C)cc1. The van der Waals surface area contributed by atoms with Gasteiger partial charge in [-0.3, -0.25) is 4.79 Å². The molecule has 1 atom stereocenters. The second-order valence-electron chi connectivity index (χ2n) is 7.95. The molecule has 0 radical (unpaired) electrons. The van der Waals surface area contributed by atoms with Crippen molar-refractivity contribution in [1.82, 2.24) is 10.2 Å². The maximum atomic E-state index is 12.7. The summed E-state index contributed by atoms with van der Waals surface area (Å²) in [6.07, 6.45) is 0. The third-order valence-corrected chi connectivity index (χ3v) is 6.83. The fourth-order valence-electron chi connectivity index (χ4n) is 3.28. The van der Waals surface area contributed by atoms with Crippen molar-refractivity contribution < 1.29 is 17.6 Å². The molecule has 0 aliphatic heterocycles. The normalized spacial score (nSPS) is 12.8. The van der Waals surface area contributed by atoms with Gasteiger partial charge in [-0.15, -0.1) is 0 Å². The van der Waals surface area contributed by atoms with Gasteiger partial charge in [0.05, 0.1) is 10.9 Å². The van der Waals surface area contributed by atoms with Crippen LogP contribution in [0.1, 0.15) is 47.5 Å². The van der Waals surface area contributed by atoms with E-state index in [4.69, 9.17) is 4.42 Å². The number of hydrogen-bond donors (Lipinski definition) is 1. The number of likely N-dealkylation sites (N-methyl/N-ethyl adjacent to an activating group) is 1. The van der Waals surface area contributed by atoms with Crippen LogP contribution in [-0.4, -0.2) is 39.9 Å². The summed E-state index contributed by atoms with van der Waals surface area (Å²) in [5, 5.41) is 2.60. The zero-order chi connectivity index (χ0) is 22.6. The Kier molecular flexibility index (Phi) is 6.97. The standard InChI is InChI=1S/C24H28N2O4S/c1-17(2)18-10-12-19(13-11-18)21(26(3)4)16-25-24(27)22-14-15-23(30-22)31(28,29)20-8-6-5-7-9-20/h5-15,17,21H,16H2,1-4H3,(H,25,27). The Hall–Kier alpha value is -2.90. The highest BCUT2D eigenvalue weighted by molar-refractivity contribution is 7.91. The molecule has 3 aromatic rings. The molecular weight excluding hydrogens is 412 g/mol. The molecule has 1 N–H and O–H groups in total. The number of amides is 1. The molecule has 7 heteroatoms. The number of sulfone groups is 1. The Morgan fingerprint density at radius 1 is 0.935 bits per heavy atom.